The van der Waals surface area contributed by atoms with Crippen LogP contribution < -0.4 is 10.1 Å². The smallest absolute Gasteiger partial charge is 0.341 e. The minimum absolute atomic E-state index is 0.00993. The minimum Gasteiger partial charge on any atom is -0.484 e. The molecule has 8 nitrogen and oxygen atoms in total. The van der Waals surface area contributed by atoms with E-state index < -0.39 is 16.8 Å². The number of esters is 1. The van der Waals surface area contributed by atoms with E-state index in [0.29, 0.717) is 21.9 Å². The number of nitrogens with one attached hydrogen (secondary N) is 1. The van der Waals surface area contributed by atoms with Gasteiger partial charge in [-0.3, -0.25) is 14.9 Å². The lowest BCUT2D eigenvalue weighted by Gasteiger charge is -2.14. The maximum atomic E-state index is 12.6. The maximum absolute atomic E-state index is 12.6. The van der Waals surface area contributed by atoms with E-state index in [1.807, 2.05) is 0 Å². The second kappa shape index (κ2) is 9.25. The Morgan fingerprint density at radius 2 is 2.00 bits per heavy atom. The summed E-state index contributed by atoms with van der Waals surface area (Å²) < 4.78 is 10.9. The third-order valence-electron chi connectivity index (χ3n) is 4.71. The second-order valence-corrected chi connectivity index (χ2v) is 8.52. The SMILES string of the molecule is Cc1cc(OCC(=O)Nc2sc3c(c2C(=O)OC(C)C)CCCC3)ccc1[N+](=O)[O-]. The fourth-order valence-corrected chi connectivity index (χ4v) is 4.67. The van der Waals surface area contributed by atoms with Gasteiger partial charge in [0.15, 0.2) is 6.61 Å². The normalized spacial score (nSPS) is 12.9. The predicted molar refractivity (Wildman–Crippen MR) is 113 cm³/mol. The third-order valence-corrected chi connectivity index (χ3v) is 5.91. The van der Waals surface area contributed by atoms with E-state index in [1.165, 1.54) is 29.5 Å². The number of anilines is 1. The number of ether oxygens (including phenoxy) is 2. The monoisotopic (exact) mass is 432 g/mol. The number of hydrogen-bond acceptors (Lipinski definition) is 7. The number of nitro groups is 1. The molecule has 1 aromatic heterocycles. The fourth-order valence-electron chi connectivity index (χ4n) is 3.38. The van der Waals surface area contributed by atoms with Gasteiger partial charge in [0.2, 0.25) is 0 Å². The van der Waals surface area contributed by atoms with Crippen LogP contribution in [0.4, 0.5) is 10.7 Å². The molecule has 160 valence electrons. The van der Waals surface area contributed by atoms with E-state index in [0.717, 1.165) is 36.1 Å². The van der Waals surface area contributed by atoms with Gasteiger partial charge in [-0.25, -0.2) is 4.79 Å². The lowest BCUT2D eigenvalue weighted by molar-refractivity contribution is -0.385. The van der Waals surface area contributed by atoms with Crippen LogP contribution in [0.3, 0.4) is 0 Å². The summed E-state index contributed by atoms with van der Waals surface area (Å²) in [7, 11) is 0. The van der Waals surface area contributed by atoms with Crippen molar-refractivity contribution < 1.29 is 24.0 Å². The average Bonchev–Trinajstić information content (AvgIpc) is 3.03. The lowest BCUT2D eigenvalue weighted by atomic mass is 9.95. The molecule has 1 heterocycles. The highest BCUT2D eigenvalue weighted by Gasteiger charge is 2.28. The van der Waals surface area contributed by atoms with E-state index >= 15 is 0 Å². The molecule has 1 aromatic carbocycles. The van der Waals surface area contributed by atoms with Gasteiger partial charge in [-0.1, -0.05) is 0 Å². The van der Waals surface area contributed by atoms with Crippen LogP contribution in [0.25, 0.3) is 0 Å². The molecule has 0 radical (unpaired) electrons. The Labute approximate surface area is 178 Å². The Kier molecular flexibility index (Phi) is 6.71. The Morgan fingerprint density at radius 1 is 1.27 bits per heavy atom. The molecule has 1 amide bonds. The first kappa shape index (κ1) is 21.8. The van der Waals surface area contributed by atoms with Crippen molar-refractivity contribution in [1.29, 1.82) is 0 Å². The number of aryl methyl sites for hydroxylation is 2. The molecule has 0 bridgehead atoms. The van der Waals surface area contributed by atoms with Crippen molar-refractivity contribution in [1.82, 2.24) is 0 Å². The van der Waals surface area contributed by atoms with Gasteiger partial charge in [0.25, 0.3) is 11.6 Å². The molecule has 3 rings (SSSR count). The fraction of sp³-hybridized carbons (Fsp3) is 0.429. The number of rotatable bonds is 7. The third kappa shape index (κ3) is 4.96. The number of carbonyl (C=O) groups excluding carboxylic acids is 2. The predicted octanol–water partition coefficient (Wildman–Crippen LogP) is 4.43. The van der Waals surface area contributed by atoms with Gasteiger partial charge in [0.05, 0.1) is 16.6 Å². The van der Waals surface area contributed by atoms with Crippen molar-refractivity contribution in [2.75, 3.05) is 11.9 Å². The van der Waals surface area contributed by atoms with Crippen LogP contribution in [0.15, 0.2) is 18.2 Å². The Balaban J connectivity index is 1.72. The summed E-state index contributed by atoms with van der Waals surface area (Å²) in [6.45, 7) is 4.90. The van der Waals surface area contributed by atoms with Crippen LogP contribution in [0.5, 0.6) is 5.75 Å². The van der Waals surface area contributed by atoms with Gasteiger partial charge >= 0.3 is 5.97 Å². The molecular formula is C21H24N2O6S. The van der Waals surface area contributed by atoms with Crippen molar-refractivity contribution in [2.24, 2.45) is 0 Å². The van der Waals surface area contributed by atoms with E-state index in [-0.39, 0.29) is 18.4 Å². The summed E-state index contributed by atoms with van der Waals surface area (Å²) in [5.41, 5.74) is 1.86. The summed E-state index contributed by atoms with van der Waals surface area (Å²) in [6, 6.07) is 4.31. The number of nitro benzene ring substituents is 1. The molecule has 1 aliphatic carbocycles. The van der Waals surface area contributed by atoms with Crippen molar-refractivity contribution in [3.05, 3.63) is 49.9 Å². The van der Waals surface area contributed by atoms with Crippen LogP contribution in [0.2, 0.25) is 0 Å². The zero-order chi connectivity index (χ0) is 21.8. The second-order valence-electron chi connectivity index (χ2n) is 7.41. The molecule has 1 N–H and O–H groups in total. The molecule has 30 heavy (non-hydrogen) atoms. The van der Waals surface area contributed by atoms with Gasteiger partial charge in [-0.15, -0.1) is 11.3 Å². The summed E-state index contributed by atoms with van der Waals surface area (Å²) >= 11 is 1.41. The van der Waals surface area contributed by atoms with Crippen molar-refractivity contribution in [3.63, 3.8) is 0 Å². The molecule has 0 spiro atoms. The number of amides is 1. The standard InChI is InChI=1S/C21H24N2O6S/c1-12(2)29-21(25)19-15-6-4-5-7-17(15)30-20(19)22-18(24)11-28-14-8-9-16(23(26)27)13(3)10-14/h8-10,12H,4-7,11H2,1-3H3,(H,22,24). The largest absolute Gasteiger partial charge is 0.484 e. The maximum Gasteiger partial charge on any atom is 0.341 e. The van der Waals surface area contributed by atoms with Crippen molar-refractivity contribution >= 4 is 33.9 Å². The molecule has 0 fully saturated rings. The molecule has 0 saturated carbocycles. The summed E-state index contributed by atoms with van der Waals surface area (Å²) in [5.74, 6) is -0.479. The van der Waals surface area contributed by atoms with Gasteiger partial charge < -0.3 is 14.8 Å². The van der Waals surface area contributed by atoms with E-state index in [1.54, 1.807) is 20.8 Å². The molecule has 0 aliphatic heterocycles. The molecular weight excluding hydrogens is 408 g/mol. The van der Waals surface area contributed by atoms with Crippen molar-refractivity contribution in [3.8, 4) is 5.75 Å². The van der Waals surface area contributed by atoms with Crippen LogP contribution >= 0.6 is 11.3 Å². The number of benzene rings is 1. The first-order valence-corrected chi connectivity index (χ1v) is 10.6. The molecule has 0 saturated heterocycles. The summed E-state index contributed by atoms with van der Waals surface area (Å²) in [4.78, 5) is 36.7. The highest BCUT2D eigenvalue weighted by molar-refractivity contribution is 7.17. The van der Waals surface area contributed by atoms with Crippen LogP contribution in [0.1, 0.15) is 53.1 Å². The van der Waals surface area contributed by atoms with Crippen molar-refractivity contribution in [2.45, 2.75) is 52.6 Å². The molecule has 1 aliphatic rings. The summed E-state index contributed by atoms with van der Waals surface area (Å²) in [5, 5.41) is 14.2. The topological polar surface area (TPSA) is 108 Å². The first-order valence-electron chi connectivity index (χ1n) is 9.79. The Hall–Kier alpha value is -2.94. The molecule has 9 heteroatoms. The number of hydrogen-bond donors (Lipinski definition) is 1. The van der Waals surface area contributed by atoms with Gasteiger partial charge in [-0.05, 0) is 64.2 Å². The number of carbonyl (C=O) groups is 2. The van der Waals surface area contributed by atoms with Gasteiger partial charge in [0.1, 0.15) is 10.8 Å². The van der Waals surface area contributed by atoms with Crippen LogP contribution in [-0.4, -0.2) is 29.5 Å². The molecule has 2 aromatic rings. The number of nitrogens with zero attached hydrogens (tertiary/aromatic N) is 1. The quantitative estimate of drug-likeness (QED) is 0.394. The number of fused-ring (bicyclic) bond motifs is 1. The molecule has 0 atom stereocenters. The zero-order valence-corrected chi connectivity index (χ0v) is 18.0. The summed E-state index contributed by atoms with van der Waals surface area (Å²) in [6.07, 6.45) is 3.48. The van der Waals surface area contributed by atoms with Gasteiger partial charge in [-0.2, -0.15) is 0 Å². The Bertz CT molecular complexity index is 982. The highest BCUT2D eigenvalue weighted by Crippen LogP contribution is 2.38. The highest BCUT2D eigenvalue weighted by atomic mass is 32.1. The minimum atomic E-state index is -0.470. The van der Waals surface area contributed by atoms with Crippen LogP contribution in [-0.2, 0) is 22.4 Å². The lowest BCUT2D eigenvalue weighted by Crippen LogP contribution is -2.22. The zero-order valence-electron chi connectivity index (χ0n) is 17.1. The van der Waals surface area contributed by atoms with E-state index in [4.69, 9.17) is 9.47 Å². The average molecular weight is 432 g/mol. The molecule has 0 unspecified atom stereocenters. The Morgan fingerprint density at radius 3 is 2.67 bits per heavy atom. The first-order chi connectivity index (χ1) is 14.3. The van der Waals surface area contributed by atoms with Gasteiger partial charge in [0, 0.05) is 16.5 Å². The van der Waals surface area contributed by atoms with Crippen LogP contribution in [0, 0.1) is 17.0 Å². The number of thiophene rings is 1. The van der Waals surface area contributed by atoms with E-state index in [2.05, 4.69) is 5.32 Å². The van der Waals surface area contributed by atoms with E-state index in [9.17, 15) is 19.7 Å².